The van der Waals surface area contributed by atoms with Crippen LogP contribution in [0.2, 0.25) is 0 Å². The van der Waals surface area contributed by atoms with Crippen molar-refractivity contribution in [2.24, 2.45) is 5.16 Å². The van der Waals surface area contributed by atoms with Gasteiger partial charge in [0, 0.05) is 23.3 Å². The molecule has 0 aliphatic heterocycles. The predicted octanol–water partition coefficient (Wildman–Crippen LogP) is 3.00. The van der Waals surface area contributed by atoms with Gasteiger partial charge in [-0.25, -0.2) is 0 Å². The quantitative estimate of drug-likeness (QED) is 0.376. The van der Waals surface area contributed by atoms with Crippen LogP contribution in [-0.2, 0) is 4.84 Å². The van der Waals surface area contributed by atoms with Gasteiger partial charge in [-0.2, -0.15) is 0 Å². The van der Waals surface area contributed by atoms with Crippen LogP contribution in [0.15, 0.2) is 59.8 Å². The molecule has 0 unspecified atom stereocenters. The number of nitro benzene ring substituents is 1. The smallest absolute Gasteiger partial charge is 0.269 e. The summed E-state index contributed by atoms with van der Waals surface area (Å²) in [6.07, 6.45) is 0. The normalized spacial score (nSPS) is 10.4. The summed E-state index contributed by atoms with van der Waals surface area (Å²) < 4.78 is 0. The third-order valence-electron chi connectivity index (χ3n) is 2.63. The highest BCUT2D eigenvalue weighted by atomic mass is 16.6. The minimum Gasteiger partial charge on any atom is -0.398 e. The number of rotatable bonds is 3. The summed E-state index contributed by atoms with van der Waals surface area (Å²) in [4.78, 5) is 15.0. The summed E-state index contributed by atoms with van der Waals surface area (Å²) in [5.74, 6) is 5.88. The van der Waals surface area contributed by atoms with Crippen LogP contribution >= 0.6 is 0 Å². The number of oxime groups is 1. The number of hydrogen-bond donors (Lipinski definition) is 0. The van der Waals surface area contributed by atoms with Crippen LogP contribution in [0.25, 0.3) is 0 Å². The summed E-state index contributed by atoms with van der Waals surface area (Å²) in [5, 5.41) is 14.5. The summed E-state index contributed by atoms with van der Waals surface area (Å²) >= 11 is 0. The van der Waals surface area contributed by atoms with E-state index in [0.717, 1.165) is 5.56 Å². The lowest BCUT2D eigenvalue weighted by Crippen LogP contribution is -1.99. The molecule has 0 aliphatic rings. The van der Waals surface area contributed by atoms with E-state index in [1.54, 1.807) is 12.1 Å². The van der Waals surface area contributed by atoms with Gasteiger partial charge in [0.05, 0.1) is 4.92 Å². The van der Waals surface area contributed by atoms with Gasteiger partial charge in [-0.15, -0.1) is 0 Å². The van der Waals surface area contributed by atoms with Gasteiger partial charge in [0.2, 0.25) is 0 Å². The first-order valence-corrected chi connectivity index (χ1v) is 6.14. The molecule has 0 amide bonds. The van der Waals surface area contributed by atoms with Crippen LogP contribution < -0.4 is 0 Å². The Bertz CT molecular complexity index is 711. The Balaban J connectivity index is 2.30. The van der Waals surface area contributed by atoms with E-state index in [4.69, 9.17) is 4.84 Å². The van der Waals surface area contributed by atoms with Crippen molar-refractivity contribution in [3.05, 3.63) is 75.8 Å². The van der Waals surface area contributed by atoms with E-state index in [-0.39, 0.29) is 5.69 Å². The van der Waals surface area contributed by atoms with Crippen molar-refractivity contribution in [2.45, 2.75) is 0 Å². The van der Waals surface area contributed by atoms with Crippen LogP contribution in [0, 0.1) is 22.0 Å². The van der Waals surface area contributed by atoms with Crippen molar-refractivity contribution < 1.29 is 9.76 Å². The molecule has 0 fully saturated rings. The van der Waals surface area contributed by atoms with Gasteiger partial charge in [0.15, 0.2) is 5.71 Å². The van der Waals surface area contributed by atoms with E-state index in [2.05, 4.69) is 17.0 Å². The molecule has 2 rings (SSSR count). The molecule has 0 radical (unpaired) electrons. The van der Waals surface area contributed by atoms with Gasteiger partial charge in [-0.05, 0) is 30.2 Å². The minimum atomic E-state index is -0.452. The molecule has 0 aliphatic carbocycles. The maximum absolute atomic E-state index is 10.6. The molecule has 2 aromatic carbocycles. The molecular weight excluding hydrogens is 268 g/mol. The van der Waals surface area contributed by atoms with Crippen LogP contribution in [0.3, 0.4) is 0 Å². The molecule has 5 heteroatoms. The second kappa shape index (κ2) is 6.87. The minimum absolute atomic E-state index is 0.0199. The third-order valence-corrected chi connectivity index (χ3v) is 2.63. The third kappa shape index (κ3) is 3.91. The Morgan fingerprint density at radius 2 is 1.81 bits per heavy atom. The highest BCUT2D eigenvalue weighted by molar-refractivity contribution is 6.13. The van der Waals surface area contributed by atoms with Crippen molar-refractivity contribution in [3.63, 3.8) is 0 Å². The molecule has 0 spiro atoms. The number of nitrogens with zero attached hydrogens (tertiary/aromatic N) is 2. The first kappa shape index (κ1) is 14.3. The first-order valence-electron chi connectivity index (χ1n) is 6.14. The van der Waals surface area contributed by atoms with Gasteiger partial charge in [0.1, 0.15) is 7.11 Å². The topological polar surface area (TPSA) is 64.7 Å². The van der Waals surface area contributed by atoms with Gasteiger partial charge < -0.3 is 4.84 Å². The molecule has 0 saturated heterocycles. The second-order valence-electron chi connectivity index (χ2n) is 4.04. The average Bonchev–Trinajstić information content (AvgIpc) is 2.52. The summed E-state index contributed by atoms with van der Waals surface area (Å²) in [6.45, 7) is 0. The molecule has 2 aromatic rings. The number of nitro groups is 1. The molecule has 0 saturated carbocycles. The SMILES string of the molecule is CO/N=C(/C#Cc1ccccc1)c1ccc([N+](=O)[O-])cc1. The molecule has 0 bridgehead atoms. The Morgan fingerprint density at radius 3 is 2.38 bits per heavy atom. The lowest BCUT2D eigenvalue weighted by atomic mass is 10.1. The van der Waals surface area contributed by atoms with Crippen molar-refractivity contribution in [3.8, 4) is 11.8 Å². The zero-order valence-corrected chi connectivity index (χ0v) is 11.3. The van der Waals surface area contributed by atoms with Gasteiger partial charge in [-0.1, -0.05) is 29.3 Å². The molecule has 0 aromatic heterocycles. The maximum Gasteiger partial charge on any atom is 0.269 e. The molecular formula is C16H12N2O3. The van der Waals surface area contributed by atoms with Crippen LogP contribution in [0.5, 0.6) is 0 Å². The van der Waals surface area contributed by atoms with Crippen LogP contribution in [-0.4, -0.2) is 17.7 Å². The summed E-state index contributed by atoms with van der Waals surface area (Å²) in [5.41, 5.74) is 1.94. The molecule has 0 atom stereocenters. The van der Waals surface area contributed by atoms with Gasteiger partial charge in [0.25, 0.3) is 5.69 Å². The zero-order chi connectivity index (χ0) is 15.1. The lowest BCUT2D eigenvalue weighted by Gasteiger charge is -1.98. The largest absolute Gasteiger partial charge is 0.398 e. The Labute approximate surface area is 122 Å². The molecule has 21 heavy (non-hydrogen) atoms. The number of benzene rings is 2. The van der Waals surface area contributed by atoms with Crippen LogP contribution in [0.4, 0.5) is 5.69 Å². The van der Waals surface area contributed by atoms with E-state index in [1.807, 2.05) is 30.3 Å². The van der Waals surface area contributed by atoms with Crippen molar-refractivity contribution in [2.75, 3.05) is 7.11 Å². The van der Waals surface area contributed by atoms with E-state index in [0.29, 0.717) is 11.3 Å². The van der Waals surface area contributed by atoms with E-state index < -0.39 is 4.92 Å². The highest BCUT2D eigenvalue weighted by Gasteiger charge is 2.07. The van der Waals surface area contributed by atoms with E-state index >= 15 is 0 Å². The Hall–Kier alpha value is -3.13. The summed E-state index contributed by atoms with van der Waals surface area (Å²) in [6, 6.07) is 15.5. The first-order chi connectivity index (χ1) is 10.2. The van der Waals surface area contributed by atoms with Crippen molar-refractivity contribution in [1.29, 1.82) is 0 Å². The lowest BCUT2D eigenvalue weighted by molar-refractivity contribution is -0.384. The molecule has 104 valence electrons. The molecule has 0 heterocycles. The maximum atomic E-state index is 10.6. The fourth-order valence-corrected chi connectivity index (χ4v) is 1.63. The van der Waals surface area contributed by atoms with Crippen molar-refractivity contribution in [1.82, 2.24) is 0 Å². The van der Waals surface area contributed by atoms with Crippen LogP contribution in [0.1, 0.15) is 11.1 Å². The predicted molar refractivity (Wildman–Crippen MR) is 80.0 cm³/mol. The monoisotopic (exact) mass is 280 g/mol. The van der Waals surface area contributed by atoms with Gasteiger partial charge in [-0.3, -0.25) is 10.1 Å². The average molecular weight is 280 g/mol. The fourth-order valence-electron chi connectivity index (χ4n) is 1.63. The molecule has 5 nitrogen and oxygen atoms in total. The number of hydrogen-bond acceptors (Lipinski definition) is 4. The highest BCUT2D eigenvalue weighted by Crippen LogP contribution is 2.12. The zero-order valence-electron chi connectivity index (χ0n) is 11.3. The Kier molecular flexibility index (Phi) is 4.67. The molecule has 0 N–H and O–H groups in total. The van der Waals surface area contributed by atoms with E-state index in [1.165, 1.54) is 19.2 Å². The second-order valence-corrected chi connectivity index (χ2v) is 4.04. The summed E-state index contributed by atoms with van der Waals surface area (Å²) in [7, 11) is 1.43. The standard InChI is InChI=1S/C16H12N2O3/c1-21-17-16(12-7-13-5-3-2-4-6-13)14-8-10-15(11-9-14)18(19)20/h2-6,8-11H,1H3/b17-16-. The fraction of sp³-hybridized carbons (Fsp3) is 0.0625. The Morgan fingerprint density at radius 1 is 1.14 bits per heavy atom. The van der Waals surface area contributed by atoms with Gasteiger partial charge >= 0.3 is 0 Å². The van der Waals surface area contributed by atoms with E-state index in [9.17, 15) is 10.1 Å². The number of non-ortho nitro benzene ring substituents is 1. The van der Waals surface area contributed by atoms with Crippen molar-refractivity contribution >= 4 is 11.4 Å².